The number of carbonyl (C=O) groups is 2. The van der Waals surface area contributed by atoms with E-state index in [9.17, 15) is 35.1 Å². The highest BCUT2D eigenvalue weighted by Crippen LogP contribution is 2.23. The fourth-order valence-corrected chi connectivity index (χ4v) is 8.60. The Morgan fingerprint density at radius 3 is 1.45 bits per heavy atom. The third-order valence-electron chi connectivity index (χ3n) is 13.1. The Kier molecular flexibility index (Phi) is 42.9. The molecule has 11 nitrogen and oxygen atoms in total. The van der Waals surface area contributed by atoms with Crippen molar-refractivity contribution in [1.82, 2.24) is 5.32 Å². The first-order valence-electron chi connectivity index (χ1n) is 27.6. The van der Waals surface area contributed by atoms with Gasteiger partial charge in [0.05, 0.1) is 32.0 Å². The Labute approximate surface area is 403 Å². The maximum Gasteiger partial charge on any atom is 0.305 e. The number of ether oxygens (including phenoxy) is 3. The van der Waals surface area contributed by atoms with Gasteiger partial charge in [-0.15, -0.1) is 0 Å². The molecule has 0 saturated carbocycles. The predicted octanol–water partition coefficient (Wildman–Crippen LogP) is 11.8. The lowest BCUT2D eigenvalue weighted by atomic mass is 9.99. The SMILES string of the molecule is CCCCCCCCC/C=C/C(O)C(COC1OC(CO)C(O)C(O)C1O)NC(=O)CCCCCCC/C=C\CCCCCCCCCCCOC(=O)CCCCCCCCCCCCC. The molecule has 1 fully saturated rings. The van der Waals surface area contributed by atoms with Gasteiger partial charge in [0.1, 0.15) is 24.4 Å². The molecule has 0 spiro atoms. The third kappa shape index (κ3) is 35.3. The minimum Gasteiger partial charge on any atom is -0.466 e. The molecule has 1 saturated heterocycles. The molecule has 0 aromatic carbocycles. The lowest BCUT2D eigenvalue weighted by Gasteiger charge is -2.40. The van der Waals surface area contributed by atoms with Gasteiger partial charge in [0.2, 0.25) is 5.91 Å². The summed E-state index contributed by atoms with van der Waals surface area (Å²) < 4.78 is 16.6. The van der Waals surface area contributed by atoms with Gasteiger partial charge < -0.3 is 45.1 Å². The Hall–Kier alpha value is -1.86. The number of hydrogen-bond acceptors (Lipinski definition) is 10. The van der Waals surface area contributed by atoms with Gasteiger partial charge in [-0.1, -0.05) is 205 Å². The summed E-state index contributed by atoms with van der Waals surface area (Å²) in [7, 11) is 0. The number of aliphatic hydroxyl groups is 5. The van der Waals surface area contributed by atoms with E-state index >= 15 is 0 Å². The average Bonchev–Trinajstić information content (AvgIpc) is 3.31. The number of nitrogens with one attached hydrogen (secondary N) is 1. The van der Waals surface area contributed by atoms with E-state index in [-0.39, 0.29) is 18.5 Å². The van der Waals surface area contributed by atoms with Crippen molar-refractivity contribution in [3.8, 4) is 0 Å². The highest BCUT2D eigenvalue weighted by Gasteiger charge is 2.44. The lowest BCUT2D eigenvalue weighted by Crippen LogP contribution is -2.60. The van der Waals surface area contributed by atoms with Gasteiger partial charge in [0.15, 0.2) is 6.29 Å². The summed E-state index contributed by atoms with van der Waals surface area (Å²) in [5.74, 6) is -0.212. The van der Waals surface area contributed by atoms with Crippen LogP contribution in [0, 0.1) is 0 Å². The van der Waals surface area contributed by atoms with Gasteiger partial charge in [-0.05, 0) is 57.8 Å². The van der Waals surface area contributed by atoms with Crippen LogP contribution in [0.25, 0.3) is 0 Å². The molecule has 1 amide bonds. The zero-order chi connectivity index (χ0) is 48.1. The highest BCUT2D eigenvalue weighted by molar-refractivity contribution is 5.76. The number of rotatable bonds is 47. The van der Waals surface area contributed by atoms with E-state index in [2.05, 4.69) is 31.3 Å². The second-order valence-corrected chi connectivity index (χ2v) is 19.3. The molecular formula is C55H103NO10. The highest BCUT2D eigenvalue weighted by atomic mass is 16.7. The van der Waals surface area contributed by atoms with E-state index in [1.165, 1.54) is 135 Å². The molecule has 0 aliphatic carbocycles. The standard InChI is InChI=1S/C55H103NO10/c1-3-5-7-9-11-13-22-27-31-35-39-43-51(60)64-44-40-36-32-28-24-21-19-17-15-14-16-18-20-23-26-30-34-38-42-50(59)56-47(48(58)41-37-33-29-25-12-10-8-6-4-2)46-65-55-54(63)53(62)52(61)49(45-57)66-55/h16,18,37,41,47-49,52-55,57-58,61-63H,3-15,17,19-36,38-40,42-46H2,1-2H3,(H,56,59)/b18-16-,41-37+. The summed E-state index contributed by atoms with van der Waals surface area (Å²) in [5, 5.41) is 54.1. The topological polar surface area (TPSA) is 175 Å². The number of hydrogen-bond donors (Lipinski definition) is 6. The van der Waals surface area contributed by atoms with Crippen molar-refractivity contribution < 1.29 is 49.3 Å². The summed E-state index contributed by atoms with van der Waals surface area (Å²) in [6, 6.07) is -0.818. The van der Waals surface area contributed by atoms with Crippen LogP contribution >= 0.6 is 0 Å². The maximum absolute atomic E-state index is 13.0. The van der Waals surface area contributed by atoms with E-state index in [0.717, 1.165) is 89.9 Å². The quantitative estimate of drug-likeness (QED) is 0.0196. The van der Waals surface area contributed by atoms with Gasteiger partial charge in [0, 0.05) is 12.8 Å². The second kappa shape index (κ2) is 45.6. The van der Waals surface area contributed by atoms with Crippen molar-refractivity contribution in [3.05, 3.63) is 24.3 Å². The van der Waals surface area contributed by atoms with E-state index in [1.54, 1.807) is 6.08 Å². The van der Waals surface area contributed by atoms with Gasteiger partial charge >= 0.3 is 5.97 Å². The minimum absolute atomic E-state index is 0.0135. The zero-order valence-electron chi connectivity index (χ0n) is 42.4. The van der Waals surface area contributed by atoms with Gasteiger partial charge in [-0.25, -0.2) is 0 Å². The van der Waals surface area contributed by atoms with Crippen LogP contribution < -0.4 is 5.32 Å². The first-order chi connectivity index (χ1) is 32.2. The number of allylic oxidation sites excluding steroid dienone is 3. The molecule has 66 heavy (non-hydrogen) atoms. The van der Waals surface area contributed by atoms with Crippen molar-refractivity contribution >= 4 is 11.9 Å². The molecule has 7 unspecified atom stereocenters. The van der Waals surface area contributed by atoms with E-state index in [0.29, 0.717) is 19.4 Å². The Bertz CT molecular complexity index is 1150. The van der Waals surface area contributed by atoms with Crippen LogP contribution in [0.3, 0.4) is 0 Å². The zero-order valence-corrected chi connectivity index (χ0v) is 42.4. The predicted molar refractivity (Wildman–Crippen MR) is 269 cm³/mol. The number of aliphatic hydroxyl groups excluding tert-OH is 5. The molecule has 1 aliphatic heterocycles. The van der Waals surface area contributed by atoms with Crippen LogP contribution in [0.2, 0.25) is 0 Å². The van der Waals surface area contributed by atoms with Gasteiger partial charge in [-0.2, -0.15) is 0 Å². The normalized spacial score (nSPS) is 19.8. The number of amides is 1. The summed E-state index contributed by atoms with van der Waals surface area (Å²) >= 11 is 0. The Morgan fingerprint density at radius 1 is 0.545 bits per heavy atom. The van der Waals surface area contributed by atoms with Crippen molar-refractivity contribution in [2.75, 3.05) is 19.8 Å². The molecule has 1 heterocycles. The molecule has 0 aromatic rings. The molecular weight excluding hydrogens is 835 g/mol. The minimum atomic E-state index is -1.57. The summed E-state index contributed by atoms with van der Waals surface area (Å²) in [5.41, 5.74) is 0. The Morgan fingerprint density at radius 2 is 0.970 bits per heavy atom. The van der Waals surface area contributed by atoms with E-state index in [1.807, 2.05) is 6.08 Å². The molecule has 6 N–H and O–H groups in total. The van der Waals surface area contributed by atoms with E-state index < -0.39 is 49.5 Å². The first kappa shape index (κ1) is 62.2. The smallest absolute Gasteiger partial charge is 0.305 e. The average molecular weight is 938 g/mol. The summed E-state index contributed by atoms with van der Waals surface area (Å²) in [6.07, 6.45) is 42.7. The van der Waals surface area contributed by atoms with Crippen molar-refractivity contribution in [3.63, 3.8) is 0 Å². The Balaban J connectivity index is 2.09. The fraction of sp³-hybridized carbons (Fsp3) is 0.891. The van der Waals surface area contributed by atoms with Gasteiger partial charge in [-0.3, -0.25) is 9.59 Å². The molecule has 7 atom stereocenters. The number of carbonyl (C=O) groups excluding carboxylic acids is 2. The maximum atomic E-state index is 13.0. The molecule has 11 heteroatoms. The second-order valence-electron chi connectivity index (χ2n) is 19.3. The number of unbranched alkanes of at least 4 members (excludes halogenated alkanes) is 31. The van der Waals surface area contributed by atoms with Crippen molar-refractivity contribution in [2.24, 2.45) is 0 Å². The van der Waals surface area contributed by atoms with Crippen LogP contribution in [0.4, 0.5) is 0 Å². The van der Waals surface area contributed by atoms with Crippen LogP contribution in [-0.2, 0) is 23.8 Å². The van der Waals surface area contributed by atoms with Gasteiger partial charge in [0.25, 0.3) is 0 Å². The lowest BCUT2D eigenvalue weighted by molar-refractivity contribution is -0.302. The van der Waals surface area contributed by atoms with Crippen LogP contribution in [0.5, 0.6) is 0 Å². The first-order valence-corrected chi connectivity index (χ1v) is 27.6. The van der Waals surface area contributed by atoms with Crippen LogP contribution in [0.15, 0.2) is 24.3 Å². The van der Waals surface area contributed by atoms with Crippen LogP contribution in [-0.4, -0.2) is 100 Å². The molecule has 388 valence electrons. The monoisotopic (exact) mass is 938 g/mol. The van der Waals surface area contributed by atoms with Crippen molar-refractivity contribution in [1.29, 1.82) is 0 Å². The largest absolute Gasteiger partial charge is 0.466 e. The summed E-state index contributed by atoms with van der Waals surface area (Å²) in [6.45, 7) is 4.28. The third-order valence-corrected chi connectivity index (χ3v) is 13.1. The van der Waals surface area contributed by atoms with Crippen LogP contribution in [0.1, 0.15) is 251 Å². The van der Waals surface area contributed by atoms with E-state index in [4.69, 9.17) is 14.2 Å². The number of esters is 1. The molecule has 1 rings (SSSR count). The molecule has 0 bridgehead atoms. The molecule has 1 aliphatic rings. The molecule has 0 radical (unpaired) electrons. The fourth-order valence-electron chi connectivity index (χ4n) is 8.60. The summed E-state index contributed by atoms with van der Waals surface area (Å²) in [4.78, 5) is 25.0. The molecule has 0 aromatic heterocycles. The van der Waals surface area contributed by atoms with Crippen molar-refractivity contribution in [2.45, 2.75) is 294 Å².